The lowest BCUT2D eigenvalue weighted by Crippen LogP contribution is -2.25. The van der Waals surface area contributed by atoms with Gasteiger partial charge in [-0.15, -0.1) is 5.10 Å². The Morgan fingerprint density at radius 2 is 2.17 bits per heavy atom. The lowest BCUT2D eigenvalue weighted by molar-refractivity contribution is 0.565. The lowest BCUT2D eigenvalue weighted by Gasteiger charge is -2.17. The monoisotopic (exact) mass is 312 g/mol. The summed E-state index contributed by atoms with van der Waals surface area (Å²) in [7, 11) is 3.82. The largest absolute Gasteiger partial charge is 0.305 e. The summed E-state index contributed by atoms with van der Waals surface area (Å²) in [5.74, 6) is 0. The van der Waals surface area contributed by atoms with Gasteiger partial charge in [-0.05, 0) is 29.4 Å². The van der Waals surface area contributed by atoms with Gasteiger partial charge in [0.25, 0.3) is 0 Å². The summed E-state index contributed by atoms with van der Waals surface area (Å²) >= 11 is 3.45. The van der Waals surface area contributed by atoms with Crippen LogP contribution in [0.25, 0.3) is 0 Å². The molecule has 0 aliphatic heterocycles. The Morgan fingerprint density at radius 3 is 2.61 bits per heavy atom. The first-order valence-corrected chi connectivity index (χ1v) is 6.62. The van der Waals surface area contributed by atoms with Crippen molar-refractivity contribution in [3.05, 3.63) is 27.8 Å². The van der Waals surface area contributed by atoms with E-state index < -0.39 is 0 Å². The summed E-state index contributed by atoms with van der Waals surface area (Å²) in [4.78, 5) is 0. The van der Waals surface area contributed by atoms with Crippen molar-refractivity contribution in [2.75, 3.05) is 6.54 Å². The lowest BCUT2D eigenvalue weighted by atomic mass is 10.1. The molecule has 2 heterocycles. The maximum absolute atomic E-state index is 4.39. The molecule has 6 nitrogen and oxygen atoms in total. The number of rotatable bonds is 4. The molecule has 2 aromatic heterocycles. The first-order valence-electron chi connectivity index (χ1n) is 5.83. The van der Waals surface area contributed by atoms with Gasteiger partial charge in [-0.3, -0.25) is 4.68 Å². The molecule has 0 radical (unpaired) electrons. The fourth-order valence-electron chi connectivity index (χ4n) is 2.10. The van der Waals surface area contributed by atoms with Crippen molar-refractivity contribution in [1.29, 1.82) is 0 Å². The molecule has 0 amide bonds. The molecule has 1 atom stereocenters. The number of nitrogens with one attached hydrogen (secondary N) is 1. The molecule has 0 aliphatic carbocycles. The van der Waals surface area contributed by atoms with Gasteiger partial charge in [-0.25, -0.2) is 4.68 Å². The summed E-state index contributed by atoms with van der Waals surface area (Å²) in [6, 6.07) is 0.0399. The summed E-state index contributed by atoms with van der Waals surface area (Å²) < 4.78 is 4.37. The SMILES string of the molecule is CCNC(c1cn(C)nc1C)c1c(Br)nnn1C. The summed E-state index contributed by atoms with van der Waals surface area (Å²) in [5, 5.41) is 15.9. The predicted molar refractivity (Wildman–Crippen MR) is 72.2 cm³/mol. The van der Waals surface area contributed by atoms with Crippen LogP contribution in [0.4, 0.5) is 0 Å². The molecule has 2 rings (SSSR count). The molecule has 1 N–H and O–H groups in total. The molecule has 0 bridgehead atoms. The maximum atomic E-state index is 4.39. The van der Waals surface area contributed by atoms with E-state index in [1.54, 1.807) is 4.68 Å². The van der Waals surface area contributed by atoms with Crippen molar-refractivity contribution in [3.8, 4) is 0 Å². The van der Waals surface area contributed by atoms with Gasteiger partial charge in [0.05, 0.1) is 17.4 Å². The van der Waals surface area contributed by atoms with E-state index >= 15 is 0 Å². The van der Waals surface area contributed by atoms with Crippen molar-refractivity contribution in [2.24, 2.45) is 14.1 Å². The highest BCUT2D eigenvalue weighted by Gasteiger charge is 2.24. The van der Waals surface area contributed by atoms with Gasteiger partial charge in [0.1, 0.15) is 0 Å². The number of aromatic nitrogens is 5. The Morgan fingerprint density at radius 1 is 1.44 bits per heavy atom. The molecule has 0 spiro atoms. The zero-order chi connectivity index (χ0) is 13.3. The van der Waals surface area contributed by atoms with Crippen molar-refractivity contribution in [1.82, 2.24) is 30.1 Å². The van der Waals surface area contributed by atoms with Crippen LogP contribution in [0.1, 0.15) is 29.9 Å². The fourth-order valence-corrected chi connectivity index (χ4v) is 2.66. The molecule has 0 aromatic carbocycles. The third-order valence-electron chi connectivity index (χ3n) is 2.87. The fraction of sp³-hybridized carbons (Fsp3) is 0.545. The van der Waals surface area contributed by atoms with E-state index in [4.69, 9.17) is 0 Å². The van der Waals surface area contributed by atoms with Gasteiger partial charge >= 0.3 is 0 Å². The van der Waals surface area contributed by atoms with E-state index in [1.807, 2.05) is 31.9 Å². The summed E-state index contributed by atoms with van der Waals surface area (Å²) in [5.41, 5.74) is 3.16. The zero-order valence-electron chi connectivity index (χ0n) is 11.0. The molecule has 1 unspecified atom stereocenters. The Balaban J connectivity index is 2.49. The van der Waals surface area contributed by atoms with Crippen molar-refractivity contribution in [2.45, 2.75) is 19.9 Å². The topological polar surface area (TPSA) is 60.6 Å². The minimum atomic E-state index is 0.0399. The molecular weight excluding hydrogens is 296 g/mol. The molecule has 7 heteroatoms. The number of aryl methyl sites for hydroxylation is 3. The molecular formula is C11H17BrN6. The normalized spacial score (nSPS) is 12.9. The summed E-state index contributed by atoms with van der Waals surface area (Å²) in [6.07, 6.45) is 2.03. The standard InChI is InChI=1S/C11H17BrN6/c1-5-13-9(8-6-17(3)15-7(8)2)10-11(12)14-16-18(10)4/h6,9,13H,5H2,1-4H3. The van der Waals surface area contributed by atoms with E-state index in [9.17, 15) is 0 Å². The Bertz CT molecular complexity index is 524. The van der Waals surface area contributed by atoms with E-state index in [2.05, 4.69) is 43.6 Å². The average molecular weight is 313 g/mol. The van der Waals surface area contributed by atoms with Crippen LogP contribution in [-0.4, -0.2) is 31.3 Å². The molecule has 18 heavy (non-hydrogen) atoms. The van der Waals surface area contributed by atoms with E-state index in [0.29, 0.717) is 0 Å². The van der Waals surface area contributed by atoms with E-state index in [-0.39, 0.29) is 6.04 Å². The van der Waals surface area contributed by atoms with Gasteiger partial charge < -0.3 is 5.32 Å². The smallest absolute Gasteiger partial charge is 0.153 e. The van der Waals surface area contributed by atoms with Crippen LogP contribution >= 0.6 is 15.9 Å². The average Bonchev–Trinajstić information content (AvgIpc) is 2.80. The number of halogens is 1. The summed E-state index contributed by atoms with van der Waals surface area (Å²) in [6.45, 7) is 4.95. The zero-order valence-corrected chi connectivity index (χ0v) is 12.6. The van der Waals surface area contributed by atoms with Crippen molar-refractivity contribution in [3.63, 3.8) is 0 Å². The minimum absolute atomic E-state index is 0.0399. The molecule has 0 aliphatic rings. The maximum Gasteiger partial charge on any atom is 0.153 e. The molecule has 0 fully saturated rings. The van der Waals surface area contributed by atoms with E-state index in [0.717, 1.165) is 28.1 Å². The minimum Gasteiger partial charge on any atom is -0.305 e. The first kappa shape index (κ1) is 13.2. The third kappa shape index (κ3) is 2.32. The Labute approximate surface area is 114 Å². The molecule has 98 valence electrons. The van der Waals surface area contributed by atoms with Gasteiger partial charge in [-0.2, -0.15) is 5.10 Å². The van der Waals surface area contributed by atoms with E-state index in [1.165, 1.54) is 0 Å². The first-order chi connectivity index (χ1) is 8.54. The number of hydrogen-bond donors (Lipinski definition) is 1. The highest BCUT2D eigenvalue weighted by atomic mass is 79.9. The second kappa shape index (κ2) is 5.19. The second-order valence-corrected chi connectivity index (χ2v) is 4.97. The van der Waals surface area contributed by atoms with Crippen LogP contribution in [0.5, 0.6) is 0 Å². The number of nitrogens with zero attached hydrogens (tertiary/aromatic N) is 5. The Kier molecular flexibility index (Phi) is 3.82. The number of hydrogen-bond acceptors (Lipinski definition) is 4. The van der Waals surface area contributed by atoms with Gasteiger partial charge in [0.2, 0.25) is 0 Å². The van der Waals surface area contributed by atoms with Crippen LogP contribution in [0.3, 0.4) is 0 Å². The molecule has 0 saturated heterocycles. The van der Waals surface area contributed by atoms with Gasteiger partial charge in [0.15, 0.2) is 4.60 Å². The van der Waals surface area contributed by atoms with Crippen LogP contribution in [0, 0.1) is 6.92 Å². The van der Waals surface area contributed by atoms with Gasteiger partial charge in [-0.1, -0.05) is 12.1 Å². The third-order valence-corrected chi connectivity index (χ3v) is 3.44. The quantitative estimate of drug-likeness (QED) is 0.925. The van der Waals surface area contributed by atoms with Crippen LogP contribution < -0.4 is 5.32 Å². The molecule has 0 saturated carbocycles. The highest BCUT2D eigenvalue weighted by molar-refractivity contribution is 9.10. The molecule has 2 aromatic rings. The Hall–Kier alpha value is -1.21. The second-order valence-electron chi connectivity index (χ2n) is 4.22. The highest BCUT2D eigenvalue weighted by Crippen LogP contribution is 2.28. The van der Waals surface area contributed by atoms with Crippen LogP contribution in [-0.2, 0) is 14.1 Å². The van der Waals surface area contributed by atoms with Crippen LogP contribution in [0.15, 0.2) is 10.8 Å². The van der Waals surface area contributed by atoms with Crippen LogP contribution in [0.2, 0.25) is 0 Å². The van der Waals surface area contributed by atoms with Crippen molar-refractivity contribution < 1.29 is 0 Å². The van der Waals surface area contributed by atoms with Crippen molar-refractivity contribution >= 4 is 15.9 Å². The van der Waals surface area contributed by atoms with Gasteiger partial charge in [0, 0.05) is 25.9 Å². The predicted octanol–water partition coefficient (Wildman–Crippen LogP) is 1.32.